The highest BCUT2D eigenvalue weighted by atomic mass is 16.5. The van der Waals surface area contributed by atoms with Crippen molar-refractivity contribution in [2.45, 2.75) is 13.3 Å². The standard InChI is InChI=1S/C16H21N5O2/c1-12-7-14(18-11-17-12)8-13-9-21(5-6-23-10-13)16(22)15-3-4-19-20(15)2/h3-4,7,11,13H,5-6,8-10H2,1-2H3/t13-/m1/s1. The molecule has 122 valence electrons. The zero-order valence-corrected chi connectivity index (χ0v) is 13.5. The quantitative estimate of drug-likeness (QED) is 0.839. The lowest BCUT2D eigenvalue weighted by atomic mass is 10.0. The maximum absolute atomic E-state index is 12.7. The zero-order chi connectivity index (χ0) is 16.2. The maximum atomic E-state index is 12.7. The molecule has 0 aromatic carbocycles. The lowest BCUT2D eigenvalue weighted by Gasteiger charge is -2.23. The van der Waals surface area contributed by atoms with Crippen LogP contribution in [-0.2, 0) is 18.2 Å². The molecule has 1 amide bonds. The van der Waals surface area contributed by atoms with Crippen LogP contribution in [0, 0.1) is 12.8 Å². The fraction of sp³-hybridized carbons (Fsp3) is 0.500. The molecule has 0 N–H and O–H groups in total. The van der Waals surface area contributed by atoms with Gasteiger partial charge in [-0.05, 0) is 25.5 Å². The van der Waals surface area contributed by atoms with E-state index < -0.39 is 0 Å². The number of aromatic nitrogens is 4. The first-order valence-corrected chi connectivity index (χ1v) is 7.76. The van der Waals surface area contributed by atoms with Crippen molar-refractivity contribution in [3.05, 3.63) is 41.7 Å². The summed E-state index contributed by atoms with van der Waals surface area (Å²) in [6.45, 7) is 4.41. The minimum Gasteiger partial charge on any atom is -0.379 e. The molecule has 0 radical (unpaired) electrons. The van der Waals surface area contributed by atoms with E-state index in [0.717, 1.165) is 17.8 Å². The summed E-state index contributed by atoms with van der Waals surface area (Å²) in [6.07, 6.45) is 4.00. The van der Waals surface area contributed by atoms with Crippen LogP contribution < -0.4 is 0 Å². The van der Waals surface area contributed by atoms with E-state index in [-0.39, 0.29) is 11.8 Å². The molecule has 2 aromatic heterocycles. The van der Waals surface area contributed by atoms with Gasteiger partial charge in [0, 0.05) is 43.6 Å². The Hall–Kier alpha value is -2.28. The monoisotopic (exact) mass is 315 g/mol. The minimum absolute atomic E-state index is 0.000585. The van der Waals surface area contributed by atoms with E-state index in [0.29, 0.717) is 32.0 Å². The highest BCUT2D eigenvalue weighted by Crippen LogP contribution is 2.15. The number of nitrogens with zero attached hydrogens (tertiary/aromatic N) is 5. The Balaban J connectivity index is 1.71. The molecule has 7 heteroatoms. The first-order chi connectivity index (χ1) is 11.1. The molecule has 2 aromatic rings. The van der Waals surface area contributed by atoms with E-state index >= 15 is 0 Å². The van der Waals surface area contributed by atoms with Crippen LogP contribution in [0.4, 0.5) is 0 Å². The van der Waals surface area contributed by atoms with Gasteiger partial charge in [-0.25, -0.2) is 9.97 Å². The lowest BCUT2D eigenvalue weighted by Crippen LogP contribution is -2.37. The highest BCUT2D eigenvalue weighted by Gasteiger charge is 2.25. The molecule has 1 atom stereocenters. The van der Waals surface area contributed by atoms with Gasteiger partial charge < -0.3 is 9.64 Å². The third-order valence-electron chi connectivity index (χ3n) is 4.02. The van der Waals surface area contributed by atoms with Gasteiger partial charge in [0.2, 0.25) is 0 Å². The number of aryl methyl sites for hydroxylation is 2. The van der Waals surface area contributed by atoms with E-state index in [1.165, 1.54) is 0 Å². The van der Waals surface area contributed by atoms with Gasteiger partial charge in [-0.1, -0.05) is 0 Å². The van der Waals surface area contributed by atoms with Gasteiger partial charge in [0.25, 0.3) is 5.91 Å². The van der Waals surface area contributed by atoms with Crippen LogP contribution in [0.1, 0.15) is 21.9 Å². The van der Waals surface area contributed by atoms with Crippen LogP contribution in [0.2, 0.25) is 0 Å². The summed E-state index contributed by atoms with van der Waals surface area (Å²) in [5, 5.41) is 4.07. The number of amides is 1. The predicted octanol–water partition coefficient (Wildman–Crippen LogP) is 0.850. The molecule has 0 unspecified atom stereocenters. The van der Waals surface area contributed by atoms with Crippen molar-refractivity contribution in [2.75, 3.05) is 26.3 Å². The second kappa shape index (κ2) is 6.87. The van der Waals surface area contributed by atoms with E-state index in [1.54, 1.807) is 30.3 Å². The molecule has 1 fully saturated rings. The molecule has 3 heterocycles. The van der Waals surface area contributed by atoms with Crippen molar-refractivity contribution >= 4 is 5.91 Å². The molecule has 0 bridgehead atoms. The minimum atomic E-state index is -0.000585. The Morgan fingerprint density at radius 1 is 1.43 bits per heavy atom. The van der Waals surface area contributed by atoms with Crippen molar-refractivity contribution in [3.63, 3.8) is 0 Å². The number of ether oxygens (including phenoxy) is 1. The van der Waals surface area contributed by atoms with Crippen molar-refractivity contribution in [3.8, 4) is 0 Å². The molecule has 1 aliphatic rings. The normalized spacial score (nSPS) is 18.7. The van der Waals surface area contributed by atoms with Gasteiger partial charge in [-0.3, -0.25) is 9.48 Å². The Bertz CT molecular complexity index is 685. The third kappa shape index (κ3) is 3.73. The van der Waals surface area contributed by atoms with E-state index in [4.69, 9.17) is 4.74 Å². The molecule has 0 aliphatic carbocycles. The Morgan fingerprint density at radius 3 is 3.04 bits per heavy atom. The fourth-order valence-corrected chi connectivity index (χ4v) is 2.85. The maximum Gasteiger partial charge on any atom is 0.272 e. The van der Waals surface area contributed by atoms with Crippen molar-refractivity contribution in [2.24, 2.45) is 13.0 Å². The number of hydrogen-bond acceptors (Lipinski definition) is 5. The summed E-state index contributed by atoms with van der Waals surface area (Å²) >= 11 is 0. The summed E-state index contributed by atoms with van der Waals surface area (Å²) in [5.41, 5.74) is 2.54. The average molecular weight is 315 g/mol. The number of carbonyl (C=O) groups excluding carboxylic acids is 1. The lowest BCUT2D eigenvalue weighted by molar-refractivity contribution is 0.0726. The topological polar surface area (TPSA) is 73.1 Å². The first kappa shape index (κ1) is 15.6. The molecule has 1 aliphatic heterocycles. The van der Waals surface area contributed by atoms with Gasteiger partial charge in [-0.15, -0.1) is 0 Å². The van der Waals surface area contributed by atoms with E-state index in [1.807, 2.05) is 17.9 Å². The molecular weight excluding hydrogens is 294 g/mol. The first-order valence-electron chi connectivity index (χ1n) is 7.76. The van der Waals surface area contributed by atoms with Crippen molar-refractivity contribution in [1.82, 2.24) is 24.6 Å². The van der Waals surface area contributed by atoms with Crippen LogP contribution >= 0.6 is 0 Å². The van der Waals surface area contributed by atoms with Crippen LogP contribution in [0.15, 0.2) is 24.7 Å². The van der Waals surface area contributed by atoms with E-state index in [9.17, 15) is 4.79 Å². The summed E-state index contributed by atoms with van der Waals surface area (Å²) in [6, 6.07) is 3.73. The summed E-state index contributed by atoms with van der Waals surface area (Å²) in [4.78, 5) is 23.0. The van der Waals surface area contributed by atoms with Crippen LogP contribution in [0.5, 0.6) is 0 Å². The molecule has 0 spiro atoms. The van der Waals surface area contributed by atoms with Gasteiger partial charge in [0.1, 0.15) is 12.0 Å². The van der Waals surface area contributed by atoms with Crippen LogP contribution in [-0.4, -0.2) is 56.9 Å². The molecule has 23 heavy (non-hydrogen) atoms. The zero-order valence-electron chi connectivity index (χ0n) is 13.5. The Morgan fingerprint density at radius 2 is 2.30 bits per heavy atom. The van der Waals surface area contributed by atoms with E-state index in [2.05, 4.69) is 15.1 Å². The number of hydrogen-bond donors (Lipinski definition) is 0. The van der Waals surface area contributed by atoms with Crippen LogP contribution in [0.25, 0.3) is 0 Å². The van der Waals surface area contributed by atoms with Gasteiger partial charge in [0.05, 0.1) is 13.2 Å². The van der Waals surface area contributed by atoms with Gasteiger partial charge >= 0.3 is 0 Å². The number of rotatable bonds is 3. The Kier molecular flexibility index (Phi) is 4.66. The summed E-state index contributed by atoms with van der Waals surface area (Å²) in [7, 11) is 1.78. The molecule has 1 saturated heterocycles. The van der Waals surface area contributed by atoms with Crippen molar-refractivity contribution in [1.29, 1.82) is 0 Å². The molecular formula is C16H21N5O2. The number of carbonyl (C=O) groups is 1. The summed E-state index contributed by atoms with van der Waals surface area (Å²) in [5.74, 6) is 0.225. The van der Waals surface area contributed by atoms with Gasteiger partial charge in [0.15, 0.2) is 0 Å². The Labute approximate surface area is 135 Å². The SMILES string of the molecule is Cc1cc(C[C@H]2COCCN(C(=O)c3ccnn3C)C2)ncn1. The molecule has 7 nitrogen and oxygen atoms in total. The summed E-state index contributed by atoms with van der Waals surface area (Å²) < 4.78 is 7.29. The second-order valence-electron chi connectivity index (χ2n) is 5.89. The van der Waals surface area contributed by atoms with Gasteiger partial charge in [-0.2, -0.15) is 5.10 Å². The second-order valence-corrected chi connectivity index (χ2v) is 5.89. The average Bonchev–Trinajstić information content (AvgIpc) is 2.81. The smallest absolute Gasteiger partial charge is 0.272 e. The van der Waals surface area contributed by atoms with Crippen molar-refractivity contribution < 1.29 is 9.53 Å². The largest absolute Gasteiger partial charge is 0.379 e. The predicted molar refractivity (Wildman–Crippen MR) is 83.9 cm³/mol. The molecule has 3 rings (SSSR count). The highest BCUT2D eigenvalue weighted by molar-refractivity contribution is 5.92. The fourth-order valence-electron chi connectivity index (χ4n) is 2.85. The van der Waals surface area contributed by atoms with Crippen LogP contribution in [0.3, 0.4) is 0 Å². The third-order valence-corrected chi connectivity index (χ3v) is 4.02. The molecule has 0 saturated carbocycles.